The molecule has 0 N–H and O–H groups in total. The minimum absolute atomic E-state index is 0.485. The first kappa shape index (κ1) is 10.2. The molecule has 2 aliphatic carbocycles. The van der Waals surface area contributed by atoms with Gasteiger partial charge in [0.25, 0.3) is 0 Å². The minimum atomic E-state index is 0.485. The predicted octanol–water partition coefficient (Wildman–Crippen LogP) is 3.55. The van der Waals surface area contributed by atoms with Crippen LogP contribution in [0.1, 0.15) is 46.0 Å². The van der Waals surface area contributed by atoms with Crippen LogP contribution in [0.15, 0.2) is 12.7 Å². The van der Waals surface area contributed by atoms with Gasteiger partial charge in [-0.15, -0.1) is 6.58 Å². The lowest BCUT2D eigenvalue weighted by atomic mass is 9.69. The smallest absolute Gasteiger partial charge is 0.0648 e. The highest BCUT2D eigenvalue weighted by Crippen LogP contribution is 2.58. The highest BCUT2D eigenvalue weighted by molar-refractivity contribution is 5.00. The summed E-state index contributed by atoms with van der Waals surface area (Å²) in [4.78, 5) is 0. The molecule has 0 saturated heterocycles. The van der Waals surface area contributed by atoms with Crippen molar-refractivity contribution < 1.29 is 4.74 Å². The summed E-state index contributed by atoms with van der Waals surface area (Å²) in [6.07, 6.45) is 9.08. The first-order valence-electron chi connectivity index (χ1n) is 5.78. The highest BCUT2D eigenvalue weighted by atomic mass is 16.5. The predicted molar refractivity (Wildman–Crippen MR) is 59.2 cm³/mol. The summed E-state index contributed by atoms with van der Waals surface area (Å²) in [5, 5.41) is 0. The van der Waals surface area contributed by atoms with Gasteiger partial charge in [-0.05, 0) is 42.9 Å². The molecule has 0 aliphatic heterocycles. The van der Waals surface area contributed by atoms with E-state index in [2.05, 4.69) is 20.4 Å². The van der Waals surface area contributed by atoms with Crippen molar-refractivity contribution in [2.45, 2.75) is 52.1 Å². The summed E-state index contributed by atoms with van der Waals surface area (Å²) in [5.74, 6) is 0. The number of fused-ring (bicyclic) bond motifs is 2. The van der Waals surface area contributed by atoms with Crippen molar-refractivity contribution in [3.05, 3.63) is 12.7 Å². The molecule has 0 radical (unpaired) electrons. The van der Waals surface area contributed by atoms with E-state index < -0.39 is 0 Å². The maximum absolute atomic E-state index is 5.83. The van der Waals surface area contributed by atoms with Gasteiger partial charge in [0.2, 0.25) is 0 Å². The molecule has 2 rings (SSSR count). The van der Waals surface area contributed by atoms with Crippen LogP contribution in [0.2, 0.25) is 0 Å². The zero-order valence-corrected chi connectivity index (χ0v) is 9.51. The van der Waals surface area contributed by atoms with Crippen molar-refractivity contribution in [1.82, 2.24) is 0 Å². The van der Waals surface area contributed by atoms with Gasteiger partial charge in [0.1, 0.15) is 0 Å². The fourth-order valence-electron chi connectivity index (χ4n) is 3.65. The van der Waals surface area contributed by atoms with Crippen LogP contribution in [0.4, 0.5) is 0 Å². The Hall–Kier alpha value is -0.300. The Morgan fingerprint density at radius 2 is 1.86 bits per heavy atom. The Bertz CT molecular complexity index is 217. The van der Waals surface area contributed by atoms with Gasteiger partial charge in [0.05, 0.1) is 12.7 Å². The van der Waals surface area contributed by atoms with E-state index in [1.54, 1.807) is 0 Å². The molecule has 2 fully saturated rings. The van der Waals surface area contributed by atoms with Crippen molar-refractivity contribution in [2.75, 3.05) is 6.61 Å². The van der Waals surface area contributed by atoms with Crippen LogP contribution in [0.25, 0.3) is 0 Å². The van der Waals surface area contributed by atoms with E-state index >= 15 is 0 Å². The number of ether oxygens (including phenoxy) is 1. The van der Waals surface area contributed by atoms with Crippen LogP contribution in [0.5, 0.6) is 0 Å². The van der Waals surface area contributed by atoms with Gasteiger partial charge in [-0.3, -0.25) is 0 Å². The Labute approximate surface area is 87.5 Å². The van der Waals surface area contributed by atoms with E-state index in [9.17, 15) is 0 Å². The molecule has 2 aliphatic rings. The average Bonchev–Trinajstić information content (AvgIpc) is 2.32. The summed E-state index contributed by atoms with van der Waals surface area (Å²) in [6.45, 7) is 9.29. The van der Waals surface area contributed by atoms with E-state index in [1.807, 2.05) is 6.08 Å². The van der Waals surface area contributed by atoms with Gasteiger partial charge >= 0.3 is 0 Å². The highest BCUT2D eigenvalue weighted by Gasteiger charge is 2.49. The van der Waals surface area contributed by atoms with Gasteiger partial charge in [-0.25, -0.2) is 0 Å². The summed E-state index contributed by atoms with van der Waals surface area (Å²) >= 11 is 0. The van der Waals surface area contributed by atoms with Crippen LogP contribution < -0.4 is 0 Å². The van der Waals surface area contributed by atoms with Crippen LogP contribution in [-0.4, -0.2) is 12.7 Å². The third kappa shape index (κ3) is 1.88. The van der Waals surface area contributed by atoms with Crippen LogP contribution in [-0.2, 0) is 4.74 Å². The standard InChI is InChI=1S/C13H22O/c1-4-7-14-11-8-12(2)5-6-13(3,9-11)10-12/h4,11H,1,5-10H2,2-3H3. The summed E-state index contributed by atoms with van der Waals surface area (Å²) in [6, 6.07) is 0. The third-order valence-corrected chi connectivity index (χ3v) is 4.08. The molecule has 0 aromatic rings. The fourth-order valence-corrected chi connectivity index (χ4v) is 3.65. The van der Waals surface area contributed by atoms with Gasteiger partial charge < -0.3 is 4.74 Å². The van der Waals surface area contributed by atoms with Gasteiger partial charge in [-0.2, -0.15) is 0 Å². The maximum Gasteiger partial charge on any atom is 0.0648 e. The Morgan fingerprint density at radius 3 is 2.36 bits per heavy atom. The molecule has 2 saturated carbocycles. The molecule has 2 unspecified atom stereocenters. The first-order valence-corrected chi connectivity index (χ1v) is 5.78. The van der Waals surface area contributed by atoms with Crippen molar-refractivity contribution in [3.8, 4) is 0 Å². The Morgan fingerprint density at radius 1 is 1.29 bits per heavy atom. The fraction of sp³-hybridized carbons (Fsp3) is 0.846. The second-order valence-electron chi connectivity index (χ2n) is 5.95. The summed E-state index contributed by atoms with van der Waals surface area (Å²) < 4.78 is 5.83. The molecule has 0 aromatic carbocycles. The Balaban J connectivity index is 2.00. The maximum atomic E-state index is 5.83. The monoisotopic (exact) mass is 194 g/mol. The lowest BCUT2D eigenvalue weighted by molar-refractivity contribution is -0.0195. The minimum Gasteiger partial charge on any atom is -0.374 e. The largest absolute Gasteiger partial charge is 0.374 e. The average molecular weight is 194 g/mol. The number of rotatable bonds is 3. The second kappa shape index (κ2) is 3.37. The lowest BCUT2D eigenvalue weighted by Gasteiger charge is -2.40. The summed E-state index contributed by atoms with van der Waals surface area (Å²) in [7, 11) is 0. The van der Waals surface area contributed by atoms with E-state index in [4.69, 9.17) is 4.74 Å². The van der Waals surface area contributed by atoms with Crippen LogP contribution in [0, 0.1) is 10.8 Å². The number of hydrogen-bond donors (Lipinski definition) is 0. The quantitative estimate of drug-likeness (QED) is 0.624. The van der Waals surface area contributed by atoms with Crippen LogP contribution >= 0.6 is 0 Å². The molecule has 0 amide bonds. The van der Waals surface area contributed by atoms with E-state index in [0.717, 1.165) is 6.61 Å². The molecule has 14 heavy (non-hydrogen) atoms. The van der Waals surface area contributed by atoms with Crippen molar-refractivity contribution in [3.63, 3.8) is 0 Å². The molecule has 80 valence electrons. The van der Waals surface area contributed by atoms with E-state index in [1.165, 1.54) is 32.1 Å². The van der Waals surface area contributed by atoms with Gasteiger partial charge in [0.15, 0.2) is 0 Å². The Kier molecular flexibility index (Phi) is 2.46. The van der Waals surface area contributed by atoms with Gasteiger partial charge in [0, 0.05) is 0 Å². The zero-order valence-electron chi connectivity index (χ0n) is 9.51. The SMILES string of the molecule is C=CCOC1CC2(C)CCC(C)(C1)C2. The normalized spacial score (nSPS) is 46.6. The molecule has 0 heterocycles. The molecule has 0 aromatic heterocycles. The second-order valence-corrected chi connectivity index (χ2v) is 5.95. The summed E-state index contributed by atoms with van der Waals surface area (Å²) in [5.41, 5.74) is 1.14. The van der Waals surface area contributed by atoms with E-state index in [0.29, 0.717) is 16.9 Å². The molecular weight excluding hydrogens is 172 g/mol. The van der Waals surface area contributed by atoms with Gasteiger partial charge in [-0.1, -0.05) is 19.9 Å². The van der Waals surface area contributed by atoms with E-state index in [-0.39, 0.29) is 0 Å². The van der Waals surface area contributed by atoms with Crippen molar-refractivity contribution >= 4 is 0 Å². The van der Waals surface area contributed by atoms with Crippen LogP contribution in [0.3, 0.4) is 0 Å². The molecular formula is C13H22O. The molecule has 1 heteroatoms. The zero-order chi connectivity index (χ0) is 10.2. The van der Waals surface area contributed by atoms with Crippen molar-refractivity contribution in [1.29, 1.82) is 0 Å². The molecule has 2 atom stereocenters. The molecule has 1 nitrogen and oxygen atoms in total. The third-order valence-electron chi connectivity index (χ3n) is 4.08. The van der Waals surface area contributed by atoms with Crippen molar-refractivity contribution in [2.24, 2.45) is 10.8 Å². The molecule has 2 bridgehead atoms. The first-order chi connectivity index (χ1) is 6.55. The lowest BCUT2D eigenvalue weighted by Crippen LogP contribution is -2.34. The number of hydrogen-bond acceptors (Lipinski definition) is 1. The molecule has 0 spiro atoms. The topological polar surface area (TPSA) is 9.23 Å².